The average molecular weight is 305 g/mol. The molecule has 0 aromatic carbocycles. The molecule has 0 aliphatic carbocycles. The Labute approximate surface area is 120 Å². The molecule has 20 heavy (non-hydrogen) atoms. The van der Waals surface area contributed by atoms with Gasteiger partial charge in [0.15, 0.2) is 9.84 Å². The number of carbonyl (C=O) groups excluding carboxylic acids is 1. The van der Waals surface area contributed by atoms with Gasteiger partial charge in [0, 0.05) is 25.3 Å². The molecule has 0 aromatic rings. The lowest BCUT2D eigenvalue weighted by atomic mass is 9.80. The number of aliphatic carboxylic acids is 1. The molecule has 3 unspecified atom stereocenters. The highest BCUT2D eigenvalue weighted by atomic mass is 32.2. The summed E-state index contributed by atoms with van der Waals surface area (Å²) in [6.07, 6.45) is 1.27. The normalized spacial score (nSPS) is 28.6. The molecule has 7 heteroatoms. The van der Waals surface area contributed by atoms with Crippen LogP contribution in [0.25, 0.3) is 0 Å². The summed E-state index contributed by atoms with van der Waals surface area (Å²) in [5.74, 6) is -2.03. The minimum atomic E-state index is -3.34. The summed E-state index contributed by atoms with van der Waals surface area (Å²) in [5.41, 5.74) is 0. The summed E-state index contributed by atoms with van der Waals surface area (Å²) in [7, 11) is -3.34. The lowest BCUT2D eigenvalue weighted by molar-refractivity contribution is -0.154. The van der Waals surface area contributed by atoms with E-state index in [9.17, 15) is 23.1 Å². The molecule has 0 radical (unpaired) electrons. The van der Waals surface area contributed by atoms with Crippen LogP contribution >= 0.6 is 0 Å². The summed E-state index contributed by atoms with van der Waals surface area (Å²) in [5, 5.41) is 9.29. The van der Waals surface area contributed by atoms with Gasteiger partial charge >= 0.3 is 5.97 Å². The van der Waals surface area contributed by atoms with Crippen molar-refractivity contribution in [1.82, 2.24) is 4.90 Å². The molecule has 1 aliphatic heterocycles. The van der Waals surface area contributed by atoms with Crippen molar-refractivity contribution < 1.29 is 23.1 Å². The van der Waals surface area contributed by atoms with Crippen LogP contribution in [0, 0.1) is 11.8 Å². The Balaban J connectivity index is 3.05. The molecule has 6 nitrogen and oxygen atoms in total. The maximum Gasteiger partial charge on any atom is 0.308 e. The Morgan fingerprint density at radius 1 is 1.40 bits per heavy atom. The van der Waals surface area contributed by atoms with E-state index in [2.05, 4.69) is 0 Å². The maximum absolute atomic E-state index is 12.1. The van der Waals surface area contributed by atoms with Crippen molar-refractivity contribution in [3.05, 3.63) is 0 Å². The van der Waals surface area contributed by atoms with Gasteiger partial charge in [-0.05, 0) is 26.7 Å². The number of amides is 1. The largest absolute Gasteiger partial charge is 0.481 e. The third kappa shape index (κ3) is 3.13. The van der Waals surface area contributed by atoms with E-state index in [1.165, 1.54) is 4.90 Å². The van der Waals surface area contributed by atoms with Gasteiger partial charge < -0.3 is 10.0 Å². The van der Waals surface area contributed by atoms with E-state index in [0.717, 1.165) is 6.26 Å². The van der Waals surface area contributed by atoms with Crippen molar-refractivity contribution in [2.75, 3.05) is 12.8 Å². The van der Waals surface area contributed by atoms with Crippen molar-refractivity contribution >= 4 is 21.7 Å². The number of rotatable bonds is 4. The summed E-state index contributed by atoms with van der Waals surface area (Å²) in [6.45, 7) is 6.53. The van der Waals surface area contributed by atoms with Crippen LogP contribution in [0.1, 0.15) is 34.1 Å². The fourth-order valence-electron chi connectivity index (χ4n) is 2.63. The number of likely N-dealkylation sites (tertiary alicyclic amines) is 1. The zero-order chi connectivity index (χ0) is 15.9. The quantitative estimate of drug-likeness (QED) is 0.828. The molecular formula is C13H23NO5S. The SMILES string of the molecule is CC1CC(=O)N(CC(C)(C)S(C)(=O)=O)C(C)C1C(=O)O. The Bertz CT molecular complexity index is 511. The summed E-state index contributed by atoms with van der Waals surface area (Å²) >= 11 is 0. The van der Waals surface area contributed by atoms with Crippen LogP contribution in [-0.2, 0) is 19.4 Å². The fourth-order valence-corrected chi connectivity index (χ4v) is 3.00. The number of piperidine rings is 1. The molecule has 0 aromatic heterocycles. The molecule has 1 rings (SSSR count). The van der Waals surface area contributed by atoms with Crippen molar-refractivity contribution in [2.24, 2.45) is 11.8 Å². The van der Waals surface area contributed by atoms with Gasteiger partial charge in [0.05, 0.1) is 10.7 Å². The third-order valence-corrected chi connectivity index (χ3v) is 6.42. The van der Waals surface area contributed by atoms with E-state index in [-0.39, 0.29) is 24.8 Å². The first-order valence-electron chi connectivity index (χ1n) is 6.60. The fraction of sp³-hybridized carbons (Fsp3) is 0.846. The van der Waals surface area contributed by atoms with Crippen molar-refractivity contribution in [2.45, 2.75) is 44.9 Å². The van der Waals surface area contributed by atoms with Gasteiger partial charge in [0.25, 0.3) is 0 Å². The Morgan fingerprint density at radius 3 is 2.30 bits per heavy atom. The molecule has 1 N–H and O–H groups in total. The molecule has 1 heterocycles. The van der Waals surface area contributed by atoms with Crippen LogP contribution in [-0.4, -0.2) is 53.9 Å². The first-order valence-corrected chi connectivity index (χ1v) is 8.49. The number of hydrogen-bond acceptors (Lipinski definition) is 4. The highest BCUT2D eigenvalue weighted by molar-refractivity contribution is 7.92. The van der Waals surface area contributed by atoms with Crippen LogP contribution in [0.2, 0.25) is 0 Å². The number of carbonyl (C=O) groups is 2. The van der Waals surface area contributed by atoms with Gasteiger partial charge in [0.2, 0.25) is 5.91 Å². The van der Waals surface area contributed by atoms with Gasteiger partial charge in [-0.3, -0.25) is 9.59 Å². The first kappa shape index (κ1) is 16.9. The number of sulfone groups is 1. The molecule has 3 atom stereocenters. The Morgan fingerprint density at radius 2 is 1.90 bits per heavy atom. The Hall–Kier alpha value is -1.11. The molecule has 1 saturated heterocycles. The van der Waals surface area contributed by atoms with Gasteiger partial charge in [-0.2, -0.15) is 0 Å². The van der Waals surface area contributed by atoms with Crippen LogP contribution in [0.15, 0.2) is 0 Å². The summed E-state index contributed by atoms with van der Waals surface area (Å²) in [6, 6.07) is -0.509. The summed E-state index contributed by atoms with van der Waals surface area (Å²) in [4.78, 5) is 24.9. The van der Waals surface area contributed by atoms with E-state index in [4.69, 9.17) is 0 Å². The monoisotopic (exact) mass is 305 g/mol. The highest BCUT2D eigenvalue weighted by Crippen LogP contribution is 2.32. The predicted octanol–water partition coefficient (Wildman–Crippen LogP) is 0.767. The molecular weight excluding hydrogens is 282 g/mol. The molecule has 0 spiro atoms. The first-order chi connectivity index (χ1) is 8.88. The van der Waals surface area contributed by atoms with Crippen molar-refractivity contribution in [1.29, 1.82) is 0 Å². The Kier molecular flexibility index (Phi) is 4.53. The number of nitrogens with zero attached hydrogens (tertiary/aromatic N) is 1. The molecule has 1 amide bonds. The van der Waals surface area contributed by atoms with Gasteiger partial charge in [0.1, 0.15) is 0 Å². The number of carboxylic acid groups (broad SMARTS) is 1. The van der Waals surface area contributed by atoms with E-state index >= 15 is 0 Å². The van der Waals surface area contributed by atoms with Gasteiger partial charge in [-0.15, -0.1) is 0 Å². The van der Waals surface area contributed by atoms with Gasteiger partial charge in [-0.1, -0.05) is 6.92 Å². The minimum absolute atomic E-state index is 0.0162. The van der Waals surface area contributed by atoms with E-state index in [1.807, 2.05) is 0 Å². The van der Waals surface area contributed by atoms with Gasteiger partial charge in [-0.25, -0.2) is 8.42 Å². The smallest absolute Gasteiger partial charge is 0.308 e. The van der Waals surface area contributed by atoms with E-state index in [1.54, 1.807) is 27.7 Å². The highest BCUT2D eigenvalue weighted by Gasteiger charge is 2.44. The van der Waals surface area contributed by atoms with Crippen LogP contribution in [0.3, 0.4) is 0 Å². The van der Waals surface area contributed by atoms with Crippen molar-refractivity contribution in [3.8, 4) is 0 Å². The summed E-state index contributed by atoms with van der Waals surface area (Å²) < 4.78 is 22.4. The lowest BCUT2D eigenvalue weighted by Gasteiger charge is -2.43. The lowest BCUT2D eigenvalue weighted by Crippen LogP contribution is -2.57. The van der Waals surface area contributed by atoms with E-state index < -0.39 is 32.5 Å². The van der Waals surface area contributed by atoms with Crippen LogP contribution in [0.4, 0.5) is 0 Å². The standard InChI is InChI=1S/C13H23NO5S/c1-8-6-10(15)14(9(2)11(8)12(16)17)7-13(3,4)20(5,18)19/h8-9,11H,6-7H2,1-5H3,(H,16,17). The topological polar surface area (TPSA) is 91.8 Å². The van der Waals surface area contributed by atoms with E-state index in [0.29, 0.717) is 0 Å². The zero-order valence-corrected chi connectivity index (χ0v) is 13.4. The third-order valence-electron chi connectivity index (χ3n) is 4.28. The minimum Gasteiger partial charge on any atom is -0.481 e. The second-order valence-electron chi connectivity index (χ2n) is 6.34. The molecule has 0 saturated carbocycles. The van der Waals surface area contributed by atoms with Crippen LogP contribution in [0.5, 0.6) is 0 Å². The molecule has 1 fully saturated rings. The zero-order valence-electron chi connectivity index (χ0n) is 12.6. The molecule has 0 bridgehead atoms. The van der Waals surface area contributed by atoms with Crippen LogP contribution < -0.4 is 0 Å². The predicted molar refractivity (Wildman–Crippen MR) is 75.0 cm³/mol. The second kappa shape index (κ2) is 5.35. The second-order valence-corrected chi connectivity index (χ2v) is 8.99. The molecule has 116 valence electrons. The maximum atomic E-state index is 12.1. The average Bonchev–Trinajstić information content (AvgIpc) is 2.21. The number of hydrogen-bond donors (Lipinski definition) is 1. The molecule has 1 aliphatic rings. The van der Waals surface area contributed by atoms with Crippen molar-refractivity contribution in [3.63, 3.8) is 0 Å². The number of carboxylic acids is 1.